The molecule has 0 spiro atoms. The Labute approximate surface area is 131 Å². The Morgan fingerprint density at radius 1 is 1.17 bits per heavy atom. The van der Waals surface area contributed by atoms with Gasteiger partial charge in [0.25, 0.3) is 0 Å². The number of hydrogen-bond acceptors (Lipinski definition) is 6. The number of allylic oxidation sites excluding steroid dienone is 1. The van der Waals surface area contributed by atoms with Crippen molar-refractivity contribution in [2.24, 2.45) is 0 Å². The first kappa shape index (κ1) is 16.9. The van der Waals surface area contributed by atoms with Gasteiger partial charge in [0.15, 0.2) is 5.78 Å². The maximum absolute atomic E-state index is 12.2. The van der Waals surface area contributed by atoms with Gasteiger partial charge in [0.05, 0.1) is 6.10 Å². The SMILES string of the molecule is O=C(O)C1=C(C(=O)C=Cc2cccc(O)c2)C(O)C(O)C(O)C1. The molecule has 0 heterocycles. The van der Waals surface area contributed by atoms with E-state index in [1.807, 2.05) is 0 Å². The van der Waals surface area contributed by atoms with Crippen molar-refractivity contribution in [1.82, 2.24) is 0 Å². The number of aromatic hydroxyl groups is 1. The maximum Gasteiger partial charge on any atom is 0.332 e. The van der Waals surface area contributed by atoms with Gasteiger partial charge in [-0.25, -0.2) is 4.79 Å². The van der Waals surface area contributed by atoms with Crippen LogP contribution in [0.3, 0.4) is 0 Å². The smallest absolute Gasteiger partial charge is 0.332 e. The minimum Gasteiger partial charge on any atom is -0.508 e. The molecule has 0 bridgehead atoms. The van der Waals surface area contributed by atoms with Crippen LogP contribution < -0.4 is 0 Å². The summed E-state index contributed by atoms with van der Waals surface area (Å²) < 4.78 is 0. The van der Waals surface area contributed by atoms with Crippen molar-refractivity contribution in [2.75, 3.05) is 0 Å². The standard InChI is InChI=1S/C16H16O7/c17-9-3-1-2-8(6-9)4-5-11(18)13-10(16(22)23)7-12(19)14(20)15(13)21/h1-6,12,14-15,17,19-21H,7H2,(H,22,23). The minimum absolute atomic E-state index is 0.00119. The zero-order chi connectivity index (χ0) is 17.1. The number of phenolic OH excluding ortho intramolecular Hbond substituents is 1. The fourth-order valence-electron chi connectivity index (χ4n) is 2.39. The summed E-state index contributed by atoms with van der Waals surface area (Å²) in [4.78, 5) is 23.4. The fourth-order valence-corrected chi connectivity index (χ4v) is 2.39. The highest BCUT2D eigenvalue weighted by molar-refractivity contribution is 6.11. The van der Waals surface area contributed by atoms with E-state index in [0.717, 1.165) is 6.08 Å². The molecule has 1 aromatic carbocycles. The van der Waals surface area contributed by atoms with Crippen LogP contribution in [-0.2, 0) is 9.59 Å². The van der Waals surface area contributed by atoms with E-state index in [0.29, 0.717) is 5.56 Å². The third-order valence-electron chi connectivity index (χ3n) is 3.57. The predicted octanol–water partition coefficient (Wildman–Crippen LogP) is -0.158. The fraction of sp³-hybridized carbons (Fsp3) is 0.250. The lowest BCUT2D eigenvalue weighted by atomic mass is 9.83. The summed E-state index contributed by atoms with van der Waals surface area (Å²) >= 11 is 0. The quantitative estimate of drug-likeness (QED) is 0.486. The Morgan fingerprint density at radius 2 is 1.87 bits per heavy atom. The van der Waals surface area contributed by atoms with Gasteiger partial charge in [-0.2, -0.15) is 0 Å². The van der Waals surface area contributed by atoms with Crippen molar-refractivity contribution in [3.63, 3.8) is 0 Å². The first-order valence-corrected chi connectivity index (χ1v) is 6.83. The maximum atomic E-state index is 12.2. The van der Waals surface area contributed by atoms with Crippen molar-refractivity contribution in [1.29, 1.82) is 0 Å². The summed E-state index contributed by atoms with van der Waals surface area (Å²) in [5.41, 5.74) is -0.380. The summed E-state index contributed by atoms with van der Waals surface area (Å²) in [6.07, 6.45) is -2.92. The molecular weight excluding hydrogens is 304 g/mol. The molecule has 0 fully saturated rings. The van der Waals surface area contributed by atoms with E-state index in [1.165, 1.54) is 18.2 Å². The van der Waals surface area contributed by atoms with Crippen LogP contribution in [0.15, 0.2) is 41.5 Å². The first-order chi connectivity index (χ1) is 10.8. The number of aliphatic carboxylic acids is 1. The molecule has 122 valence electrons. The molecule has 0 radical (unpaired) electrons. The van der Waals surface area contributed by atoms with Crippen LogP contribution in [-0.4, -0.2) is 55.6 Å². The highest BCUT2D eigenvalue weighted by Gasteiger charge is 2.39. The number of benzene rings is 1. The number of phenols is 1. The summed E-state index contributed by atoms with van der Waals surface area (Å²) in [5.74, 6) is -2.23. The van der Waals surface area contributed by atoms with Crippen LogP contribution in [0.4, 0.5) is 0 Å². The van der Waals surface area contributed by atoms with Crippen molar-refractivity contribution in [2.45, 2.75) is 24.7 Å². The van der Waals surface area contributed by atoms with Gasteiger partial charge in [-0.1, -0.05) is 18.2 Å². The molecule has 3 unspecified atom stereocenters. The molecule has 0 aromatic heterocycles. The zero-order valence-corrected chi connectivity index (χ0v) is 12.0. The van der Waals surface area contributed by atoms with Gasteiger partial charge in [0.2, 0.25) is 0 Å². The van der Waals surface area contributed by atoms with Crippen LogP contribution in [0.5, 0.6) is 5.75 Å². The van der Waals surface area contributed by atoms with Gasteiger partial charge in [-0.15, -0.1) is 0 Å². The number of aliphatic hydroxyl groups excluding tert-OH is 3. The van der Waals surface area contributed by atoms with E-state index in [-0.39, 0.29) is 5.75 Å². The van der Waals surface area contributed by atoms with E-state index in [4.69, 9.17) is 5.11 Å². The molecule has 23 heavy (non-hydrogen) atoms. The average Bonchev–Trinajstić information content (AvgIpc) is 2.50. The van der Waals surface area contributed by atoms with Crippen LogP contribution >= 0.6 is 0 Å². The highest BCUT2D eigenvalue weighted by atomic mass is 16.4. The number of hydrogen-bond donors (Lipinski definition) is 5. The number of carbonyl (C=O) groups excluding carboxylic acids is 1. The molecule has 7 heteroatoms. The van der Waals surface area contributed by atoms with Crippen molar-refractivity contribution in [3.8, 4) is 5.75 Å². The topological polar surface area (TPSA) is 135 Å². The molecule has 1 aliphatic carbocycles. The second-order valence-electron chi connectivity index (χ2n) is 5.20. The molecule has 0 amide bonds. The Bertz CT molecular complexity index is 689. The summed E-state index contributed by atoms with van der Waals surface area (Å²) in [6.45, 7) is 0. The van der Waals surface area contributed by atoms with Crippen molar-refractivity contribution < 1.29 is 35.1 Å². The van der Waals surface area contributed by atoms with E-state index < -0.39 is 47.6 Å². The molecule has 7 nitrogen and oxygen atoms in total. The lowest BCUT2D eigenvalue weighted by Crippen LogP contribution is -2.45. The monoisotopic (exact) mass is 320 g/mol. The largest absolute Gasteiger partial charge is 0.508 e. The molecule has 0 aliphatic heterocycles. The Balaban J connectivity index is 2.34. The number of ketones is 1. The molecule has 5 N–H and O–H groups in total. The Hall–Kier alpha value is -2.48. The van der Waals surface area contributed by atoms with Crippen LogP contribution in [0.2, 0.25) is 0 Å². The second kappa shape index (κ2) is 6.74. The highest BCUT2D eigenvalue weighted by Crippen LogP contribution is 2.27. The van der Waals surface area contributed by atoms with E-state index in [1.54, 1.807) is 12.1 Å². The number of carbonyl (C=O) groups is 2. The van der Waals surface area contributed by atoms with Gasteiger partial charge in [-0.05, 0) is 23.8 Å². The van der Waals surface area contributed by atoms with Gasteiger partial charge in [0.1, 0.15) is 18.0 Å². The lowest BCUT2D eigenvalue weighted by molar-refractivity contribution is -0.135. The molecule has 0 saturated heterocycles. The van der Waals surface area contributed by atoms with Crippen LogP contribution in [0.1, 0.15) is 12.0 Å². The molecule has 1 aromatic rings. The molecule has 0 saturated carbocycles. The van der Waals surface area contributed by atoms with Crippen molar-refractivity contribution in [3.05, 3.63) is 47.1 Å². The zero-order valence-electron chi connectivity index (χ0n) is 12.0. The summed E-state index contributed by atoms with van der Waals surface area (Å²) in [5, 5.41) is 47.6. The van der Waals surface area contributed by atoms with Crippen LogP contribution in [0.25, 0.3) is 6.08 Å². The van der Waals surface area contributed by atoms with Gasteiger partial charge in [-0.3, -0.25) is 4.79 Å². The number of aliphatic hydroxyl groups is 3. The van der Waals surface area contributed by atoms with Gasteiger partial charge < -0.3 is 25.5 Å². The van der Waals surface area contributed by atoms with Gasteiger partial charge in [0, 0.05) is 17.6 Å². The van der Waals surface area contributed by atoms with E-state index >= 15 is 0 Å². The summed E-state index contributed by atoms with van der Waals surface area (Å²) in [7, 11) is 0. The minimum atomic E-state index is -1.79. The average molecular weight is 320 g/mol. The number of rotatable bonds is 4. The lowest BCUT2D eigenvalue weighted by Gasteiger charge is -2.30. The number of carboxylic acids is 1. The molecular formula is C16H16O7. The van der Waals surface area contributed by atoms with E-state index in [9.17, 15) is 30.0 Å². The van der Waals surface area contributed by atoms with Crippen molar-refractivity contribution >= 4 is 17.8 Å². The Morgan fingerprint density at radius 3 is 2.48 bits per heavy atom. The molecule has 2 rings (SSSR count). The molecule has 1 aliphatic rings. The third-order valence-corrected chi connectivity index (χ3v) is 3.57. The Kier molecular flexibility index (Phi) is 4.95. The number of carboxylic acid groups (broad SMARTS) is 1. The first-order valence-electron chi connectivity index (χ1n) is 6.83. The van der Waals surface area contributed by atoms with Crippen LogP contribution in [0, 0.1) is 0 Å². The predicted molar refractivity (Wildman–Crippen MR) is 79.4 cm³/mol. The van der Waals surface area contributed by atoms with E-state index in [2.05, 4.69) is 0 Å². The third kappa shape index (κ3) is 3.65. The van der Waals surface area contributed by atoms with Gasteiger partial charge >= 0.3 is 5.97 Å². The summed E-state index contributed by atoms with van der Waals surface area (Å²) in [6, 6.07) is 6.03. The normalized spacial score (nSPS) is 24.9. The second-order valence-corrected chi connectivity index (χ2v) is 5.20. The molecule has 3 atom stereocenters.